The van der Waals surface area contributed by atoms with Gasteiger partial charge in [0.25, 0.3) is 11.6 Å². The van der Waals surface area contributed by atoms with Crippen molar-refractivity contribution in [2.45, 2.75) is 13.0 Å². The van der Waals surface area contributed by atoms with Gasteiger partial charge in [0.2, 0.25) is 11.7 Å². The quantitative estimate of drug-likeness (QED) is 0.309. The highest BCUT2D eigenvalue weighted by molar-refractivity contribution is 5.93. The Morgan fingerprint density at radius 1 is 1.06 bits per heavy atom. The average molecular weight is 473 g/mol. The standard InChI is InChI=1S/C24H23N7O4/c1-17(23-26-22(27-35-23)18-5-3-2-4-6-18)28-11-13-29(14-12-28)24(32)19-15-25-30(16-19)20-7-9-21(10-8-20)31(33)34/h2-10,15-17H,11-14H2,1H3. The largest absolute Gasteiger partial charge is 0.337 e. The number of nitro benzene ring substituents is 1. The summed E-state index contributed by atoms with van der Waals surface area (Å²) in [6.07, 6.45) is 3.16. The van der Waals surface area contributed by atoms with Crippen molar-refractivity contribution < 1.29 is 14.2 Å². The van der Waals surface area contributed by atoms with Crippen LogP contribution in [0.1, 0.15) is 29.2 Å². The molecular weight excluding hydrogens is 450 g/mol. The van der Waals surface area contributed by atoms with Gasteiger partial charge in [-0.3, -0.25) is 19.8 Å². The Kier molecular flexibility index (Phi) is 6.06. The van der Waals surface area contributed by atoms with E-state index in [9.17, 15) is 14.9 Å². The third-order valence-electron chi connectivity index (χ3n) is 6.13. The summed E-state index contributed by atoms with van der Waals surface area (Å²) in [5, 5.41) is 19.2. The summed E-state index contributed by atoms with van der Waals surface area (Å²) in [4.78, 5) is 32.0. The van der Waals surface area contributed by atoms with Gasteiger partial charge in [-0.25, -0.2) is 4.68 Å². The Hall–Kier alpha value is -4.38. The van der Waals surface area contributed by atoms with Crippen molar-refractivity contribution in [2.75, 3.05) is 26.2 Å². The van der Waals surface area contributed by atoms with E-state index in [0.717, 1.165) is 5.56 Å². The number of amides is 1. The number of rotatable bonds is 6. The van der Waals surface area contributed by atoms with Crippen LogP contribution in [-0.2, 0) is 0 Å². The van der Waals surface area contributed by atoms with Gasteiger partial charge in [0.15, 0.2) is 0 Å². The second kappa shape index (κ2) is 9.47. The van der Waals surface area contributed by atoms with Crippen molar-refractivity contribution >= 4 is 11.6 Å². The maximum Gasteiger partial charge on any atom is 0.269 e. The van der Waals surface area contributed by atoms with Crippen molar-refractivity contribution in [3.05, 3.63) is 88.6 Å². The molecule has 1 atom stereocenters. The minimum atomic E-state index is -0.455. The Morgan fingerprint density at radius 2 is 1.77 bits per heavy atom. The second-order valence-corrected chi connectivity index (χ2v) is 8.27. The molecule has 4 aromatic rings. The van der Waals surface area contributed by atoms with Crippen molar-refractivity contribution in [2.24, 2.45) is 0 Å². The molecular formula is C24H23N7O4. The lowest BCUT2D eigenvalue weighted by molar-refractivity contribution is -0.384. The molecule has 2 aromatic heterocycles. The molecule has 35 heavy (non-hydrogen) atoms. The van der Waals surface area contributed by atoms with Gasteiger partial charge in [-0.1, -0.05) is 35.5 Å². The van der Waals surface area contributed by atoms with E-state index in [1.165, 1.54) is 23.0 Å². The molecule has 1 fully saturated rings. The molecule has 0 bridgehead atoms. The summed E-state index contributed by atoms with van der Waals surface area (Å²) < 4.78 is 7.05. The van der Waals surface area contributed by atoms with Gasteiger partial charge in [-0.05, 0) is 19.1 Å². The molecule has 3 heterocycles. The first-order valence-corrected chi connectivity index (χ1v) is 11.2. The van der Waals surface area contributed by atoms with Crippen molar-refractivity contribution in [3.8, 4) is 17.1 Å². The zero-order valence-corrected chi connectivity index (χ0v) is 19.0. The first-order chi connectivity index (χ1) is 17.0. The van der Waals surface area contributed by atoms with Crippen molar-refractivity contribution in [1.29, 1.82) is 0 Å². The predicted octanol–water partition coefficient (Wildman–Crippen LogP) is 3.35. The Morgan fingerprint density at radius 3 is 2.46 bits per heavy atom. The summed E-state index contributed by atoms with van der Waals surface area (Å²) in [6, 6.07) is 15.6. The highest BCUT2D eigenvalue weighted by Crippen LogP contribution is 2.24. The fourth-order valence-corrected chi connectivity index (χ4v) is 4.06. The molecule has 178 valence electrons. The van der Waals surface area contributed by atoms with E-state index in [4.69, 9.17) is 4.52 Å². The number of aromatic nitrogens is 4. The van der Waals surface area contributed by atoms with Crippen LogP contribution in [0.3, 0.4) is 0 Å². The maximum absolute atomic E-state index is 13.0. The first-order valence-electron chi connectivity index (χ1n) is 11.2. The molecule has 0 spiro atoms. The molecule has 11 nitrogen and oxygen atoms in total. The fourth-order valence-electron chi connectivity index (χ4n) is 4.06. The van der Waals surface area contributed by atoms with Crippen LogP contribution in [-0.4, -0.2) is 66.7 Å². The highest BCUT2D eigenvalue weighted by Gasteiger charge is 2.28. The number of hydrogen-bond donors (Lipinski definition) is 0. The van der Waals surface area contributed by atoms with E-state index in [-0.39, 0.29) is 17.6 Å². The van der Waals surface area contributed by atoms with Gasteiger partial charge in [0.05, 0.1) is 28.4 Å². The van der Waals surface area contributed by atoms with Gasteiger partial charge in [-0.15, -0.1) is 0 Å². The zero-order chi connectivity index (χ0) is 24.4. The lowest BCUT2D eigenvalue weighted by Crippen LogP contribution is -2.49. The van der Waals surface area contributed by atoms with E-state index < -0.39 is 4.92 Å². The Bertz CT molecular complexity index is 1330. The highest BCUT2D eigenvalue weighted by atomic mass is 16.6. The van der Waals surface area contributed by atoms with Gasteiger partial charge < -0.3 is 9.42 Å². The van der Waals surface area contributed by atoms with Gasteiger partial charge in [0.1, 0.15) is 0 Å². The minimum Gasteiger partial charge on any atom is -0.337 e. The summed E-state index contributed by atoms with van der Waals surface area (Å²) >= 11 is 0. The topological polar surface area (TPSA) is 123 Å². The molecule has 5 rings (SSSR count). The number of benzene rings is 2. The number of nitro groups is 1. The van der Waals surface area contributed by atoms with Crippen LogP contribution in [0.2, 0.25) is 0 Å². The number of carbonyl (C=O) groups is 1. The summed E-state index contributed by atoms with van der Waals surface area (Å²) in [5.41, 5.74) is 2.01. The van der Waals surface area contributed by atoms with E-state index in [1.807, 2.05) is 37.3 Å². The van der Waals surface area contributed by atoms with Crippen LogP contribution >= 0.6 is 0 Å². The minimum absolute atomic E-state index is 0.00104. The van der Waals surface area contributed by atoms with Crippen LogP contribution < -0.4 is 0 Å². The van der Waals surface area contributed by atoms with Crippen LogP contribution in [0.15, 0.2) is 71.5 Å². The van der Waals surface area contributed by atoms with Gasteiger partial charge >= 0.3 is 0 Å². The lowest BCUT2D eigenvalue weighted by atomic mass is 10.2. The third-order valence-corrected chi connectivity index (χ3v) is 6.13. The molecule has 0 aliphatic carbocycles. The van der Waals surface area contributed by atoms with Crippen LogP contribution in [0.4, 0.5) is 5.69 Å². The molecule has 2 aromatic carbocycles. The van der Waals surface area contributed by atoms with Crippen LogP contribution in [0.5, 0.6) is 0 Å². The lowest BCUT2D eigenvalue weighted by Gasteiger charge is -2.36. The molecule has 1 aliphatic rings. The molecule has 11 heteroatoms. The Balaban J connectivity index is 1.19. The molecule has 0 radical (unpaired) electrons. The average Bonchev–Trinajstić information content (AvgIpc) is 3.59. The summed E-state index contributed by atoms with van der Waals surface area (Å²) in [6.45, 7) is 4.49. The molecule has 1 amide bonds. The number of piperazine rings is 1. The fraction of sp³-hybridized carbons (Fsp3) is 0.250. The third kappa shape index (κ3) is 4.66. The van der Waals surface area contributed by atoms with Gasteiger partial charge in [0, 0.05) is 50.1 Å². The normalized spacial score (nSPS) is 15.2. The second-order valence-electron chi connectivity index (χ2n) is 8.27. The smallest absolute Gasteiger partial charge is 0.269 e. The van der Waals surface area contributed by atoms with E-state index in [2.05, 4.69) is 20.1 Å². The summed E-state index contributed by atoms with van der Waals surface area (Å²) in [7, 11) is 0. The van der Waals surface area contributed by atoms with E-state index in [0.29, 0.717) is 49.1 Å². The number of non-ortho nitro benzene ring substituents is 1. The Labute approximate surface area is 200 Å². The summed E-state index contributed by atoms with van der Waals surface area (Å²) in [5.74, 6) is 1.01. The molecule has 1 aliphatic heterocycles. The number of nitrogens with zero attached hydrogens (tertiary/aromatic N) is 7. The molecule has 1 saturated heterocycles. The zero-order valence-electron chi connectivity index (χ0n) is 19.0. The van der Waals surface area contributed by atoms with Crippen molar-refractivity contribution in [1.82, 2.24) is 29.7 Å². The number of carbonyl (C=O) groups excluding carboxylic acids is 1. The number of hydrogen-bond acceptors (Lipinski definition) is 8. The van der Waals surface area contributed by atoms with E-state index >= 15 is 0 Å². The maximum atomic E-state index is 13.0. The van der Waals surface area contributed by atoms with Crippen LogP contribution in [0, 0.1) is 10.1 Å². The van der Waals surface area contributed by atoms with Crippen molar-refractivity contribution in [3.63, 3.8) is 0 Å². The van der Waals surface area contributed by atoms with Gasteiger partial charge in [-0.2, -0.15) is 10.1 Å². The molecule has 0 saturated carbocycles. The first kappa shape index (κ1) is 22.4. The van der Waals surface area contributed by atoms with E-state index in [1.54, 1.807) is 23.2 Å². The predicted molar refractivity (Wildman–Crippen MR) is 126 cm³/mol. The van der Waals surface area contributed by atoms with Crippen LogP contribution in [0.25, 0.3) is 17.1 Å². The monoisotopic (exact) mass is 473 g/mol. The molecule has 0 N–H and O–H groups in total. The SMILES string of the molecule is CC(c1nc(-c2ccccc2)no1)N1CCN(C(=O)c2cnn(-c3ccc([N+](=O)[O-])cc3)c2)CC1. The molecule has 1 unspecified atom stereocenters.